The smallest absolute Gasteiger partial charge is 0.231 e. The van der Waals surface area contributed by atoms with Gasteiger partial charge in [-0.3, -0.25) is 9.59 Å². The minimum Gasteiger partial charge on any atom is -0.497 e. The summed E-state index contributed by atoms with van der Waals surface area (Å²) in [4.78, 5) is 26.0. The summed E-state index contributed by atoms with van der Waals surface area (Å²) in [6.45, 7) is 6.24. The van der Waals surface area contributed by atoms with Gasteiger partial charge < -0.3 is 15.4 Å². The lowest BCUT2D eigenvalue weighted by atomic mass is 9.85. The van der Waals surface area contributed by atoms with E-state index in [0.717, 1.165) is 29.0 Å². The van der Waals surface area contributed by atoms with Crippen LogP contribution in [0.5, 0.6) is 5.75 Å². The molecule has 5 heteroatoms. The third-order valence-corrected chi connectivity index (χ3v) is 6.35. The number of carbonyl (C=O) groups excluding carboxylic acids is 2. The number of amides is 1. The highest BCUT2D eigenvalue weighted by molar-refractivity contribution is 6.09. The molecule has 0 fully saturated rings. The van der Waals surface area contributed by atoms with Crippen molar-refractivity contribution in [2.24, 2.45) is 0 Å². The highest BCUT2D eigenvalue weighted by Crippen LogP contribution is 2.32. The fourth-order valence-corrected chi connectivity index (χ4v) is 4.57. The molecule has 0 radical (unpaired) electrons. The molecule has 1 heterocycles. The number of nitrogens with one attached hydrogen (secondary N) is 2. The molecule has 1 atom stereocenters. The van der Waals surface area contributed by atoms with Gasteiger partial charge in [-0.25, -0.2) is 0 Å². The fourth-order valence-electron chi connectivity index (χ4n) is 4.57. The summed E-state index contributed by atoms with van der Waals surface area (Å²) in [5.74, 6) is 0.372. The zero-order valence-electron chi connectivity index (χ0n) is 20.7. The minimum atomic E-state index is -0.222. The number of ether oxygens (including phenoxy) is 1. The summed E-state index contributed by atoms with van der Waals surface area (Å²) in [5.41, 5.74) is 4.98. The van der Waals surface area contributed by atoms with E-state index in [0.29, 0.717) is 17.7 Å². The Bertz CT molecular complexity index is 1240. The molecule has 4 rings (SSSR count). The lowest BCUT2D eigenvalue weighted by Gasteiger charge is -2.35. The van der Waals surface area contributed by atoms with E-state index in [1.807, 2.05) is 49.4 Å². The van der Waals surface area contributed by atoms with Crippen molar-refractivity contribution in [2.75, 3.05) is 12.4 Å². The second kappa shape index (κ2) is 10.2. The third kappa shape index (κ3) is 5.62. The van der Waals surface area contributed by atoms with Gasteiger partial charge in [0.15, 0.2) is 5.78 Å². The molecule has 3 aromatic carbocycles. The van der Waals surface area contributed by atoms with Gasteiger partial charge in [0.25, 0.3) is 0 Å². The average Bonchev–Trinajstić information content (AvgIpc) is 2.84. The average molecular weight is 469 g/mol. The number of hydrogen-bond acceptors (Lipinski definition) is 4. The van der Waals surface area contributed by atoms with Crippen LogP contribution in [0.4, 0.5) is 5.69 Å². The van der Waals surface area contributed by atoms with Crippen LogP contribution in [0.2, 0.25) is 0 Å². The summed E-state index contributed by atoms with van der Waals surface area (Å²) in [5, 5.41) is 6.48. The lowest BCUT2D eigenvalue weighted by molar-refractivity contribution is -0.117. The third-order valence-electron chi connectivity index (χ3n) is 6.35. The maximum absolute atomic E-state index is 13.1. The van der Waals surface area contributed by atoms with Crippen LogP contribution in [0, 0.1) is 0 Å². The maximum atomic E-state index is 13.1. The Morgan fingerprint density at radius 2 is 1.77 bits per heavy atom. The van der Waals surface area contributed by atoms with Crippen LogP contribution in [0.3, 0.4) is 0 Å². The van der Waals surface area contributed by atoms with Crippen LogP contribution in [-0.2, 0) is 11.2 Å². The van der Waals surface area contributed by atoms with E-state index < -0.39 is 0 Å². The zero-order valence-corrected chi connectivity index (χ0v) is 20.7. The molecular weight excluding hydrogens is 436 g/mol. The highest BCUT2D eigenvalue weighted by atomic mass is 16.5. The minimum absolute atomic E-state index is 0.0564. The van der Waals surface area contributed by atoms with Crippen molar-refractivity contribution in [3.63, 3.8) is 0 Å². The van der Waals surface area contributed by atoms with E-state index in [4.69, 9.17) is 4.74 Å². The molecule has 35 heavy (non-hydrogen) atoms. The van der Waals surface area contributed by atoms with Crippen molar-refractivity contribution >= 4 is 23.1 Å². The van der Waals surface area contributed by atoms with Gasteiger partial charge in [-0.05, 0) is 74.2 Å². The monoisotopic (exact) mass is 468 g/mol. The summed E-state index contributed by atoms with van der Waals surface area (Å²) in [6.07, 6.45) is 3.21. The molecule has 1 aliphatic heterocycles. The Kier molecular flexibility index (Phi) is 7.06. The molecule has 1 amide bonds. The first-order valence-corrected chi connectivity index (χ1v) is 12.0. The number of fused-ring (bicyclic) bond motifs is 1. The van der Waals surface area contributed by atoms with E-state index in [9.17, 15) is 9.59 Å². The van der Waals surface area contributed by atoms with Crippen molar-refractivity contribution in [3.05, 3.63) is 101 Å². The van der Waals surface area contributed by atoms with Gasteiger partial charge in [-0.2, -0.15) is 0 Å². The standard InChI is InChI=1S/C30H32N2O3/c1-5-25(20-9-7-6-8-10-20)29(34)31-23-14-11-21(12-15-23)28(33)18-27-26-17-24(35-4)16-13-22(26)19-30(2,3)32-27/h6-18,25,32H,5,19H2,1-4H3,(H,31,34). The predicted molar refractivity (Wildman–Crippen MR) is 141 cm³/mol. The van der Waals surface area contributed by atoms with Crippen LogP contribution in [0.25, 0.3) is 5.70 Å². The molecule has 3 aromatic rings. The number of benzene rings is 3. The van der Waals surface area contributed by atoms with E-state index >= 15 is 0 Å². The van der Waals surface area contributed by atoms with Gasteiger partial charge in [0.2, 0.25) is 5.91 Å². The van der Waals surface area contributed by atoms with Crippen LogP contribution < -0.4 is 15.4 Å². The van der Waals surface area contributed by atoms with Crippen molar-refractivity contribution in [3.8, 4) is 5.75 Å². The molecule has 5 nitrogen and oxygen atoms in total. The molecule has 180 valence electrons. The molecule has 1 unspecified atom stereocenters. The van der Waals surface area contributed by atoms with Crippen LogP contribution in [-0.4, -0.2) is 24.3 Å². The van der Waals surface area contributed by atoms with Crippen molar-refractivity contribution in [1.82, 2.24) is 5.32 Å². The predicted octanol–water partition coefficient (Wildman–Crippen LogP) is 5.98. The second-order valence-electron chi connectivity index (χ2n) is 9.57. The largest absolute Gasteiger partial charge is 0.497 e. The molecule has 0 aliphatic carbocycles. The second-order valence-corrected chi connectivity index (χ2v) is 9.57. The molecule has 1 aliphatic rings. The summed E-state index contributed by atoms with van der Waals surface area (Å²) in [7, 11) is 1.64. The SMILES string of the molecule is CCC(C(=O)Nc1ccc(C(=O)C=C2NC(C)(C)Cc3ccc(OC)cc32)cc1)c1ccccc1. The van der Waals surface area contributed by atoms with Gasteiger partial charge in [0.1, 0.15) is 5.75 Å². The van der Waals surface area contributed by atoms with Gasteiger partial charge in [-0.1, -0.05) is 43.3 Å². The number of anilines is 1. The Hall–Kier alpha value is -3.86. The van der Waals surface area contributed by atoms with E-state index in [1.54, 1.807) is 37.5 Å². The maximum Gasteiger partial charge on any atom is 0.231 e. The first-order chi connectivity index (χ1) is 16.8. The molecule has 0 bridgehead atoms. The van der Waals surface area contributed by atoms with Crippen LogP contribution in [0.1, 0.15) is 60.2 Å². The quantitative estimate of drug-likeness (QED) is 0.331. The molecular formula is C30H32N2O3. The molecule has 2 N–H and O–H groups in total. The summed E-state index contributed by atoms with van der Waals surface area (Å²) >= 11 is 0. The number of ketones is 1. The lowest BCUT2D eigenvalue weighted by Crippen LogP contribution is -2.43. The fraction of sp³-hybridized carbons (Fsp3) is 0.267. The Balaban J connectivity index is 1.52. The number of rotatable bonds is 7. The van der Waals surface area contributed by atoms with Crippen LogP contribution in [0.15, 0.2) is 78.9 Å². The van der Waals surface area contributed by atoms with E-state index in [1.165, 1.54) is 5.56 Å². The number of methoxy groups -OCH3 is 1. The van der Waals surface area contributed by atoms with Crippen molar-refractivity contribution in [1.29, 1.82) is 0 Å². The zero-order chi connectivity index (χ0) is 25.0. The molecule has 0 saturated carbocycles. The summed E-state index contributed by atoms with van der Waals surface area (Å²) < 4.78 is 5.39. The Morgan fingerprint density at radius 3 is 2.43 bits per heavy atom. The summed E-state index contributed by atoms with van der Waals surface area (Å²) in [6, 6.07) is 22.8. The topological polar surface area (TPSA) is 67.4 Å². The molecule has 0 saturated heterocycles. The van der Waals surface area contributed by atoms with Crippen molar-refractivity contribution in [2.45, 2.75) is 45.1 Å². The number of hydrogen-bond donors (Lipinski definition) is 2. The van der Waals surface area contributed by atoms with Gasteiger partial charge >= 0.3 is 0 Å². The Labute approximate surface area is 207 Å². The Morgan fingerprint density at radius 1 is 1.06 bits per heavy atom. The first-order valence-electron chi connectivity index (χ1n) is 12.0. The van der Waals surface area contributed by atoms with Gasteiger partial charge in [0.05, 0.1) is 13.0 Å². The van der Waals surface area contributed by atoms with Crippen molar-refractivity contribution < 1.29 is 14.3 Å². The van der Waals surface area contributed by atoms with E-state index in [2.05, 4.69) is 30.5 Å². The number of allylic oxidation sites excluding steroid dienone is 1. The van der Waals surface area contributed by atoms with Crippen LogP contribution >= 0.6 is 0 Å². The molecule has 0 spiro atoms. The normalized spacial score (nSPS) is 16.1. The van der Waals surface area contributed by atoms with Gasteiger partial charge in [-0.15, -0.1) is 0 Å². The molecule has 0 aromatic heterocycles. The first kappa shape index (κ1) is 24.3. The van der Waals surface area contributed by atoms with Gasteiger partial charge in [0, 0.05) is 34.1 Å². The number of carbonyl (C=O) groups is 2. The van der Waals surface area contributed by atoms with E-state index in [-0.39, 0.29) is 23.1 Å². The highest BCUT2D eigenvalue weighted by Gasteiger charge is 2.28.